The molecule has 0 atom stereocenters. The van der Waals surface area contributed by atoms with Gasteiger partial charge in [0, 0.05) is 49.3 Å². The van der Waals surface area contributed by atoms with E-state index in [9.17, 15) is 5.26 Å². The normalized spacial score (nSPS) is 12.6. The second-order valence-electron chi connectivity index (χ2n) is 19.5. The monoisotopic (exact) mass is 932 g/mol. The molecule has 14 rings (SSSR count). The van der Waals surface area contributed by atoms with Gasteiger partial charge in [-0.3, -0.25) is 0 Å². The quantitative estimate of drug-likeness (QED) is 0.160. The Morgan fingerprint density at radius 3 is 1.58 bits per heavy atom. The lowest BCUT2D eigenvalue weighted by atomic mass is 9.82. The number of hydrogen-bond acceptors (Lipinski definition) is 4. The van der Waals surface area contributed by atoms with E-state index in [0.29, 0.717) is 28.6 Å². The highest BCUT2D eigenvalue weighted by molar-refractivity contribution is 6.26. The van der Waals surface area contributed by atoms with Gasteiger partial charge in [0.1, 0.15) is 6.07 Å². The maximum absolute atomic E-state index is 11.3. The molecule has 0 amide bonds. The van der Waals surface area contributed by atoms with Gasteiger partial charge in [-0.05, 0) is 105 Å². The second kappa shape index (κ2) is 16.4. The molecule has 1 aliphatic rings. The molecule has 3 heterocycles. The van der Waals surface area contributed by atoms with Crippen molar-refractivity contribution < 1.29 is 0 Å². The smallest absolute Gasteiger partial charge is 0.164 e. The molecule has 10 aromatic carbocycles. The number of hydrogen-bond donors (Lipinski definition) is 0. The third-order valence-corrected chi connectivity index (χ3v) is 15.0. The molecule has 0 saturated carbocycles. The molecule has 73 heavy (non-hydrogen) atoms. The topological polar surface area (TPSA) is 72.3 Å². The zero-order valence-corrected chi connectivity index (χ0v) is 40.1. The number of para-hydroxylation sites is 2. The van der Waals surface area contributed by atoms with E-state index in [1.165, 1.54) is 22.3 Å². The van der Waals surface area contributed by atoms with Gasteiger partial charge in [0.05, 0.1) is 33.3 Å². The molecule has 0 unspecified atom stereocenters. The average molecular weight is 933 g/mol. The molecule has 3 aromatic heterocycles. The van der Waals surface area contributed by atoms with E-state index in [1.54, 1.807) is 0 Å². The number of fused-ring (bicyclic) bond motifs is 10. The van der Waals surface area contributed by atoms with Crippen molar-refractivity contribution in [3.63, 3.8) is 0 Å². The summed E-state index contributed by atoms with van der Waals surface area (Å²) < 4.78 is 4.71. The van der Waals surface area contributed by atoms with Gasteiger partial charge >= 0.3 is 0 Å². The van der Waals surface area contributed by atoms with E-state index in [4.69, 9.17) is 15.0 Å². The molecule has 0 N–H and O–H groups in total. The van der Waals surface area contributed by atoms with Crippen LogP contribution in [0, 0.1) is 11.3 Å². The van der Waals surface area contributed by atoms with Gasteiger partial charge in [0.25, 0.3) is 0 Å². The van der Waals surface area contributed by atoms with Gasteiger partial charge in [-0.2, -0.15) is 5.26 Å². The van der Waals surface area contributed by atoms with Gasteiger partial charge in [-0.15, -0.1) is 0 Å². The molecule has 6 nitrogen and oxygen atoms in total. The summed E-state index contributed by atoms with van der Waals surface area (Å²) in [5.41, 5.74) is 18.6. The first-order valence-electron chi connectivity index (χ1n) is 24.7. The Bertz CT molecular complexity index is 4320. The number of nitriles is 1. The van der Waals surface area contributed by atoms with Crippen molar-refractivity contribution in [1.82, 2.24) is 24.1 Å². The van der Waals surface area contributed by atoms with Crippen molar-refractivity contribution in [2.24, 2.45) is 0 Å². The third kappa shape index (κ3) is 6.67. The van der Waals surface area contributed by atoms with E-state index in [1.807, 2.05) is 72.8 Å². The van der Waals surface area contributed by atoms with E-state index >= 15 is 0 Å². The summed E-state index contributed by atoms with van der Waals surface area (Å²) >= 11 is 0. The molecule has 0 aliphatic heterocycles. The van der Waals surface area contributed by atoms with Crippen molar-refractivity contribution in [3.8, 4) is 85.0 Å². The van der Waals surface area contributed by atoms with Crippen molar-refractivity contribution >= 4 is 43.6 Å². The molecule has 0 fully saturated rings. The minimum atomic E-state index is -0.147. The number of nitrogens with zero attached hydrogens (tertiary/aromatic N) is 6. The van der Waals surface area contributed by atoms with Crippen LogP contribution in [0.15, 0.2) is 231 Å². The van der Waals surface area contributed by atoms with E-state index in [2.05, 4.69) is 187 Å². The molecule has 0 saturated heterocycles. The molecule has 342 valence electrons. The van der Waals surface area contributed by atoms with Gasteiger partial charge in [-0.1, -0.05) is 184 Å². The highest BCUT2D eigenvalue weighted by Gasteiger charge is 2.35. The summed E-state index contributed by atoms with van der Waals surface area (Å²) in [5, 5.41) is 15.8. The summed E-state index contributed by atoms with van der Waals surface area (Å²) in [4.78, 5) is 15.5. The Kier molecular flexibility index (Phi) is 9.51. The molecule has 6 heteroatoms. The molecule has 1 aliphatic carbocycles. The largest absolute Gasteiger partial charge is 0.309 e. The van der Waals surface area contributed by atoms with E-state index in [0.717, 1.165) is 88.4 Å². The Balaban J connectivity index is 0.960. The second-order valence-corrected chi connectivity index (χ2v) is 19.5. The molecule has 13 aromatic rings. The Labute approximate surface area is 422 Å². The van der Waals surface area contributed by atoms with Crippen molar-refractivity contribution in [3.05, 3.63) is 247 Å². The first kappa shape index (κ1) is 42.2. The van der Waals surface area contributed by atoms with Crippen LogP contribution in [0.4, 0.5) is 0 Å². The maximum Gasteiger partial charge on any atom is 0.164 e. The van der Waals surface area contributed by atoms with Crippen LogP contribution >= 0.6 is 0 Å². The van der Waals surface area contributed by atoms with Crippen LogP contribution in [0.5, 0.6) is 0 Å². The Morgan fingerprint density at radius 1 is 0.384 bits per heavy atom. The van der Waals surface area contributed by atoms with Crippen molar-refractivity contribution in [2.45, 2.75) is 19.3 Å². The molecule has 0 spiro atoms. The summed E-state index contributed by atoms with van der Waals surface area (Å²) in [6.07, 6.45) is 0. The zero-order chi connectivity index (χ0) is 48.8. The number of benzene rings is 10. The predicted molar refractivity (Wildman–Crippen MR) is 298 cm³/mol. The summed E-state index contributed by atoms with van der Waals surface area (Å²) in [6, 6.07) is 83.6. The van der Waals surface area contributed by atoms with Gasteiger partial charge in [0.2, 0.25) is 0 Å². The standard InChI is InChI=1S/C67H44N6/c1-67(2)56-28-12-9-25-51(56)52-33-32-50(40-57(52)67)72-60-30-14-11-27-55(60)62-61(72)36-34-54-53-26-10-13-29-59(53)73(63(54)62)58-35-31-48(39-49(58)41-68)66-70-64(46-23-15-21-44(37-46)42-17-5-3-6-18-42)69-65(71-66)47-24-16-22-45(38-47)43-19-7-4-8-20-43/h3-40H,1-2H3. The van der Waals surface area contributed by atoms with Crippen molar-refractivity contribution in [1.29, 1.82) is 5.26 Å². The minimum absolute atomic E-state index is 0.147. The fourth-order valence-corrected chi connectivity index (χ4v) is 11.5. The summed E-state index contributed by atoms with van der Waals surface area (Å²) in [5.74, 6) is 1.57. The van der Waals surface area contributed by atoms with Crippen LogP contribution in [-0.2, 0) is 5.41 Å². The summed E-state index contributed by atoms with van der Waals surface area (Å²) in [6.45, 7) is 4.67. The first-order valence-corrected chi connectivity index (χ1v) is 24.7. The Morgan fingerprint density at radius 2 is 0.918 bits per heavy atom. The van der Waals surface area contributed by atoms with E-state index < -0.39 is 0 Å². The minimum Gasteiger partial charge on any atom is -0.309 e. The van der Waals surface area contributed by atoms with Gasteiger partial charge in [-0.25, -0.2) is 15.0 Å². The van der Waals surface area contributed by atoms with Crippen LogP contribution in [0.3, 0.4) is 0 Å². The fraction of sp³-hybridized carbons (Fsp3) is 0.0448. The zero-order valence-electron chi connectivity index (χ0n) is 40.1. The van der Waals surface area contributed by atoms with Gasteiger partial charge < -0.3 is 9.13 Å². The highest BCUT2D eigenvalue weighted by atomic mass is 15.0. The lowest BCUT2D eigenvalue weighted by Crippen LogP contribution is -2.15. The van der Waals surface area contributed by atoms with Crippen molar-refractivity contribution in [2.75, 3.05) is 0 Å². The first-order chi connectivity index (χ1) is 35.9. The maximum atomic E-state index is 11.3. The third-order valence-electron chi connectivity index (χ3n) is 15.0. The SMILES string of the molecule is CC1(C)c2ccccc2-c2ccc(-n3c4ccccc4c4c3ccc3c5ccccc5n(-c5ccc(-c6nc(-c7cccc(-c8ccccc8)c7)nc(-c7cccc(-c8ccccc8)c7)n6)cc5C#N)c34)cc21. The van der Waals surface area contributed by atoms with Gasteiger partial charge in [0.15, 0.2) is 17.5 Å². The molecule has 0 bridgehead atoms. The molecular formula is C67H44N6. The van der Waals surface area contributed by atoms with Crippen LogP contribution < -0.4 is 0 Å². The predicted octanol–water partition coefficient (Wildman–Crippen LogP) is 16.6. The van der Waals surface area contributed by atoms with Crippen LogP contribution in [0.25, 0.3) is 123 Å². The summed E-state index contributed by atoms with van der Waals surface area (Å²) in [7, 11) is 0. The lowest BCUT2D eigenvalue weighted by Gasteiger charge is -2.22. The molecule has 0 radical (unpaired) electrons. The lowest BCUT2D eigenvalue weighted by molar-refractivity contribution is 0.660. The Hall–Kier alpha value is -9.70. The van der Waals surface area contributed by atoms with Crippen LogP contribution in [-0.4, -0.2) is 24.1 Å². The van der Waals surface area contributed by atoms with E-state index in [-0.39, 0.29) is 5.41 Å². The fourth-order valence-electron chi connectivity index (χ4n) is 11.5. The average Bonchev–Trinajstić information content (AvgIpc) is 4.06. The molecular weight excluding hydrogens is 889 g/mol. The highest BCUT2D eigenvalue weighted by Crippen LogP contribution is 2.50. The number of rotatable bonds is 7. The number of aromatic nitrogens is 5. The van der Waals surface area contributed by atoms with Crippen LogP contribution in [0.2, 0.25) is 0 Å². The van der Waals surface area contributed by atoms with Crippen LogP contribution in [0.1, 0.15) is 30.5 Å².